The number of aromatic nitrogens is 3. The fraction of sp³-hybridized carbons (Fsp3) is 0.333. The number of ether oxygens (including phenoxy) is 1. The number of carbonyl (C=O) groups excluding carboxylic acids is 2. The van der Waals surface area contributed by atoms with Gasteiger partial charge in [0.05, 0.1) is 12.8 Å². The van der Waals surface area contributed by atoms with E-state index in [2.05, 4.69) is 25.2 Å². The van der Waals surface area contributed by atoms with Crippen LogP contribution in [0.25, 0.3) is 11.0 Å². The molecule has 0 bridgehead atoms. The number of benzene rings is 1. The molecule has 1 aromatic carbocycles. The number of carbonyl (C=O) groups is 2. The van der Waals surface area contributed by atoms with Crippen LogP contribution < -0.4 is 10.2 Å². The van der Waals surface area contributed by atoms with Crippen molar-refractivity contribution in [1.29, 1.82) is 0 Å². The summed E-state index contributed by atoms with van der Waals surface area (Å²) in [5.41, 5.74) is 3.41. The normalized spacial score (nSPS) is 11.8. The molecule has 0 fully saturated rings. The number of methoxy groups -OCH3 is 1. The predicted octanol–water partition coefficient (Wildman–Crippen LogP) is 2.83. The van der Waals surface area contributed by atoms with E-state index in [0.29, 0.717) is 18.6 Å². The maximum Gasteiger partial charge on any atom is 0.406 e. The topological polar surface area (TPSA) is 100 Å². The number of anilines is 1. The Morgan fingerprint density at radius 3 is 2.72 bits per heavy atom. The number of pyridine rings is 1. The standard InChI is InChI=1S/C21H25N5O3/c1-14-6-8-16(9-7-14)26(12-11-23-21(28)29-3)20(27)15(2)13-18-17-5-4-10-22-19(17)25-24-18/h4-10,15H,11-13H2,1-3H3,(H,23,28)(H,22,24,25). The van der Waals surface area contributed by atoms with Gasteiger partial charge in [0.15, 0.2) is 5.65 Å². The van der Waals surface area contributed by atoms with Crippen molar-refractivity contribution in [1.82, 2.24) is 20.5 Å². The molecule has 0 aliphatic heterocycles. The molecule has 0 saturated carbocycles. The Labute approximate surface area is 169 Å². The molecule has 8 heteroatoms. The molecule has 3 aromatic rings. The molecule has 8 nitrogen and oxygen atoms in total. The number of hydrogen-bond acceptors (Lipinski definition) is 5. The molecule has 0 radical (unpaired) electrons. The van der Waals surface area contributed by atoms with Gasteiger partial charge in [0.2, 0.25) is 5.91 Å². The van der Waals surface area contributed by atoms with Gasteiger partial charge in [-0.15, -0.1) is 0 Å². The first-order valence-electron chi connectivity index (χ1n) is 9.47. The van der Waals surface area contributed by atoms with Crippen LogP contribution in [0, 0.1) is 12.8 Å². The number of amides is 2. The van der Waals surface area contributed by atoms with Crippen LogP contribution in [0.1, 0.15) is 18.2 Å². The van der Waals surface area contributed by atoms with Crippen molar-refractivity contribution in [2.24, 2.45) is 5.92 Å². The third-order valence-electron chi connectivity index (χ3n) is 4.74. The van der Waals surface area contributed by atoms with Gasteiger partial charge in [-0.3, -0.25) is 9.89 Å². The summed E-state index contributed by atoms with van der Waals surface area (Å²) in [4.78, 5) is 30.6. The second-order valence-electron chi connectivity index (χ2n) is 6.92. The van der Waals surface area contributed by atoms with Crippen LogP contribution in [0.3, 0.4) is 0 Å². The maximum absolute atomic E-state index is 13.3. The quantitative estimate of drug-likeness (QED) is 0.641. The van der Waals surface area contributed by atoms with Crippen molar-refractivity contribution < 1.29 is 14.3 Å². The van der Waals surface area contributed by atoms with Crippen LogP contribution >= 0.6 is 0 Å². The van der Waals surface area contributed by atoms with Crippen molar-refractivity contribution in [2.45, 2.75) is 20.3 Å². The highest BCUT2D eigenvalue weighted by Crippen LogP contribution is 2.21. The molecule has 152 valence electrons. The third kappa shape index (κ3) is 4.90. The Hall–Kier alpha value is -3.42. The van der Waals surface area contributed by atoms with E-state index < -0.39 is 6.09 Å². The summed E-state index contributed by atoms with van der Waals surface area (Å²) in [7, 11) is 1.31. The van der Waals surface area contributed by atoms with Crippen LogP contribution in [0.2, 0.25) is 0 Å². The van der Waals surface area contributed by atoms with E-state index in [-0.39, 0.29) is 18.4 Å². The highest BCUT2D eigenvalue weighted by Gasteiger charge is 2.24. The molecule has 0 spiro atoms. The van der Waals surface area contributed by atoms with Crippen molar-refractivity contribution in [3.8, 4) is 0 Å². The van der Waals surface area contributed by atoms with Crippen molar-refractivity contribution in [3.05, 3.63) is 53.9 Å². The Bertz CT molecular complexity index is 983. The van der Waals surface area contributed by atoms with Crippen molar-refractivity contribution in [3.63, 3.8) is 0 Å². The Morgan fingerprint density at radius 1 is 1.24 bits per heavy atom. The molecule has 2 N–H and O–H groups in total. The van der Waals surface area contributed by atoms with Gasteiger partial charge in [-0.1, -0.05) is 24.6 Å². The maximum atomic E-state index is 13.3. The first-order valence-corrected chi connectivity index (χ1v) is 9.47. The number of aryl methyl sites for hydroxylation is 1. The van der Waals surface area contributed by atoms with Gasteiger partial charge in [-0.25, -0.2) is 9.78 Å². The molecule has 2 amide bonds. The van der Waals surface area contributed by atoms with Crippen LogP contribution in [-0.4, -0.2) is 47.4 Å². The average Bonchev–Trinajstić information content (AvgIpc) is 3.14. The Morgan fingerprint density at radius 2 is 2.00 bits per heavy atom. The van der Waals surface area contributed by atoms with Gasteiger partial charge in [0, 0.05) is 42.7 Å². The Kier molecular flexibility index (Phi) is 6.43. The van der Waals surface area contributed by atoms with Crippen molar-refractivity contribution in [2.75, 3.05) is 25.1 Å². The van der Waals surface area contributed by atoms with E-state index in [9.17, 15) is 9.59 Å². The lowest BCUT2D eigenvalue weighted by Gasteiger charge is -2.26. The largest absolute Gasteiger partial charge is 0.453 e. The first kappa shape index (κ1) is 20.3. The van der Waals surface area contributed by atoms with Crippen LogP contribution in [0.15, 0.2) is 42.6 Å². The molecule has 1 atom stereocenters. The summed E-state index contributed by atoms with van der Waals surface area (Å²) < 4.78 is 4.60. The highest BCUT2D eigenvalue weighted by molar-refractivity contribution is 5.95. The summed E-state index contributed by atoms with van der Waals surface area (Å²) in [6.45, 7) is 4.50. The monoisotopic (exact) mass is 395 g/mol. The highest BCUT2D eigenvalue weighted by atomic mass is 16.5. The second-order valence-corrected chi connectivity index (χ2v) is 6.92. The van der Waals surface area contributed by atoms with Crippen molar-refractivity contribution >= 4 is 28.7 Å². The lowest BCUT2D eigenvalue weighted by atomic mass is 10.0. The fourth-order valence-corrected chi connectivity index (χ4v) is 3.14. The summed E-state index contributed by atoms with van der Waals surface area (Å²) in [6.07, 6.45) is 1.66. The number of fused-ring (bicyclic) bond motifs is 1. The molecule has 0 saturated heterocycles. The van der Waals surface area contributed by atoms with Gasteiger partial charge in [0.25, 0.3) is 0 Å². The minimum Gasteiger partial charge on any atom is -0.453 e. The van der Waals surface area contributed by atoms with Crippen LogP contribution in [0.4, 0.5) is 10.5 Å². The first-order chi connectivity index (χ1) is 14.0. The van der Waals surface area contributed by atoms with Gasteiger partial charge < -0.3 is 15.0 Å². The molecule has 2 heterocycles. The molecule has 2 aromatic heterocycles. The zero-order valence-corrected chi connectivity index (χ0v) is 16.8. The minimum atomic E-state index is -0.523. The summed E-state index contributed by atoms with van der Waals surface area (Å²) in [5.74, 6) is -0.346. The number of alkyl carbamates (subject to hydrolysis) is 1. The molecular weight excluding hydrogens is 370 g/mol. The molecule has 1 unspecified atom stereocenters. The average molecular weight is 395 g/mol. The molecule has 29 heavy (non-hydrogen) atoms. The number of rotatable bonds is 7. The number of nitrogens with one attached hydrogen (secondary N) is 2. The summed E-state index contributed by atoms with van der Waals surface area (Å²) >= 11 is 0. The second kappa shape index (κ2) is 9.18. The lowest BCUT2D eigenvalue weighted by molar-refractivity contribution is -0.121. The predicted molar refractivity (Wildman–Crippen MR) is 111 cm³/mol. The summed E-state index contributed by atoms with van der Waals surface area (Å²) in [5, 5.41) is 10.8. The van der Waals surface area contributed by atoms with Gasteiger partial charge in [-0.05, 0) is 31.2 Å². The van der Waals surface area contributed by atoms with E-state index in [1.165, 1.54) is 7.11 Å². The van der Waals surface area contributed by atoms with Gasteiger partial charge in [-0.2, -0.15) is 5.10 Å². The van der Waals surface area contributed by atoms with E-state index >= 15 is 0 Å². The zero-order valence-electron chi connectivity index (χ0n) is 16.8. The number of nitrogens with zero attached hydrogens (tertiary/aromatic N) is 3. The third-order valence-corrected chi connectivity index (χ3v) is 4.74. The Balaban J connectivity index is 1.76. The molecule has 0 aliphatic rings. The van der Waals surface area contributed by atoms with Crippen LogP contribution in [0.5, 0.6) is 0 Å². The summed E-state index contributed by atoms with van der Waals surface area (Å²) in [6, 6.07) is 11.5. The smallest absolute Gasteiger partial charge is 0.406 e. The van der Waals surface area contributed by atoms with E-state index in [4.69, 9.17) is 0 Å². The molecule has 0 aliphatic carbocycles. The van der Waals surface area contributed by atoms with E-state index in [0.717, 1.165) is 22.3 Å². The molecule has 3 rings (SSSR count). The number of hydrogen-bond donors (Lipinski definition) is 2. The molecular formula is C21H25N5O3. The van der Waals surface area contributed by atoms with E-state index in [1.807, 2.05) is 50.2 Å². The van der Waals surface area contributed by atoms with E-state index in [1.54, 1.807) is 11.1 Å². The fourth-order valence-electron chi connectivity index (χ4n) is 3.14. The number of H-pyrrole nitrogens is 1. The zero-order chi connectivity index (χ0) is 20.8. The van der Waals surface area contributed by atoms with Crippen LogP contribution in [-0.2, 0) is 16.0 Å². The minimum absolute atomic E-state index is 0.0411. The SMILES string of the molecule is COC(=O)NCCN(C(=O)C(C)Cc1n[nH]c2ncccc12)c1ccc(C)cc1. The van der Waals surface area contributed by atoms with Gasteiger partial charge in [0.1, 0.15) is 0 Å². The number of aromatic amines is 1. The lowest BCUT2D eigenvalue weighted by Crippen LogP contribution is -2.41. The van der Waals surface area contributed by atoms with Gasteiger partial charge >= 0.3 is 6.09 Å².